The summed E-state index contributed by atoms with van der Waals surface area (Å²) in [4.78, 5) is 12.1. The molecule has 3 heterocycles. The fourth-order valence-electron chi connectivity index (χ4n) is 3.00. The fraction of sp³-hybridized carbons (Fsp3) is 0.333. The molecule has 0 fully saturated rings. The Bertz CT molecular complexity index is 770. The maximum Gasteiger partial charge on any atom is 0.282 e. The van der Waals surface area contributed by atoms with Crippen LogP contribution in [-0.2, 0) is 12.8 Å². The zero-order valence-electron chi connectivity index (χ0n) is 11.6. The number of ether oxygens (including phenoxy) is 1. The molecule has 0 saturated carbocycles. The molecule has 1 amide bonds. The second-order valence-corrected chi connectivity index (χ2v) is 5.32. The molecule has 0 atom stereocenters. The van der Waals surface area contributed by atoms with Crippen LogP contribution in [-0.4, -0.2) is 28.8 Å². The molecule has 2 aliphatic rings. The first-order valence-corrected chi connectivity index (χ1v) is 7.09. The third-order valence-corrected chi connectivity index (χ3v) is 4.01. The number of hydrogen-bond acceptors (Lipinski definition) is 3. The van der Waals surface area contributed by atoms with E-state index in [2.05, 4.69) is 10.4 Å². The summed E-state index contributed by atoms with van der Waals surface area (Å²) in [7, 11) is 0. The first kappa shape index (κ1) is 13.2. The number of rotatable bonds is 2. The topological polar surface area (TPSA) is 56.2 Å². The molecule has 2 aromatic rings. The van der Waals surface area contributed by atoms with E-state index in [1.807, 2.05) is 6.07 Å². The lowest BCUT2D eigenvalue weighted by molar-refractivity contribution is 0.0937. The van der Waals surface area contributed by atoms with E-state index in [4.69, 9.17) is 4.74 Å². The predicted molar refractivity (Wildman–Crippen MR) is 73.8 cm³/mol. The smallest absolute Gasteiger partial charge is 0.282 e. The summed E-state index contributed by atoms with van der Waals surface area (Å²) in [6.07, 6.45) is -1.56. The van der Waals surface area contributed by atoms with Crippen molar-refractivity contribution in [1.29, 1.82) is 0 Å². The first-order valence-electron chi connectivity index (χ1n) is 7.09. The molecule has 114 valence electrons. The van der Waals surface area contributed by atoms with E-state index in [-0.39, 0.29) is 17.3 Å². The van der Waals surface area contributed by atoms with Crippen LogP contribution in [0.25, 0.3) is 5.69 Å². The highest BCUT2D eigenvalue weighted by Crippen LogP contribution is 2.31. The van der Waals surface area contributed by atoms with E-state index in [1.54, 1.807) is 12.1 Å². The van der Waals surface area contributed by atoms with Crippen LogP contribution in [0.3, 0.4) is 0 Å². The lowest BCUT2D eigenvalue weighted by Gasteiger charge is -2.15. The van der Waals surface area contributed by atoms with Crippen LogP contribution in [0.5, 0.6) is 5.75 Å². The van der Waals surface area contributed by atoms with Gasteiger partial charge in [-0.05, 0) is 30.2 Å². The molecule has 0 radical (unpaired) electrons. The number of aromatic nitrogens is 2. The molecule has 1 aromatic heterocycles. The van der Waals surface area contributed by atoms with Crippen LogP contribution in [0.1, 0.15) is 33.7 Å². The van der Waals surface area contributed by atoms with Crippen molar-refractivity contribution in [2.45, 2.75) is 19.3 Å². The monoisotopic (exact) mass is 305 g/mol. The van der Waals surface area contributed by atoms with E-state index >= 15 is 0 Å². The third kappa shape index (κ3) is 1.88. The van der Waals surface area contributed by atoms with Crippen LogP contribution in [0.2, 0.25) is 0 Å². The molecule has 4 rings (SSSR count). The van der Waals surface area contributed by atoms with Crippen molar-refractivity contribution in [1.82, 2.24) is 15.1 Å². The van der Waals surface area contributed by atoms with Gasteiger partial charge >= 0.3 is 0 Å². The Morgan fingerprint density at radius 1 is 1.32 bits per heavy atom. The molecule has 5 nitrogen and oxygen atoms in total. The van der Waals surface area contributed by atoms with Crippen LogP contribution in [0.15, 0.2) is 18.2 Å². The van der Waals surface area contributed by atoms with Gasteiger partial charge < -0.3 is 10.1 Å². The molecular weight excluding hydrogens is 292 g/mol. The molecule has 22 heavy (non-hydrogen) atoms. The molecule has 0 spiro atoms. The maximum absolute atomic E-state index is 13.2. The van der Waals surface area contributed by atoms with Gasteiger partial charge in [0, 0.05) is 18.5 Å². The lowest BCUT2D eigenvalue weighted by Crippen LogP contribution is -2.33. The van der Waals surface area contributed by atoms with E-state index in [1.165, 1.54) is 4.68 Å². The molecule has 0 saturated heterocycles. The number of amides is 1. The normalized spacial score (nSPS) is 16.2. The van der Waals surface area contributed by atoms with E-state index in [9.17, 15) is 13.6 Å². The minimum atomic E-state index is -2.70. The van der Waals surface area contributed by atoms with Gasteiger partial charge in [-0.25, -0.2) is 13.5 Å². The molecule has 2 aliphatic heterocycles. The SMILES string of the molecule is O=C1NCCc2c(C(F)F)nn(-c3ccc4c(c3)CCO4)c21. The van der Waals surface area contributed by atoms with Gasteiger partial charge in [-0.3, -0.25) is 4.79 Å². The van der Waals surface area contributed by atoms with Crippen molar-refractivity contribution in [2.75, 3.05) is 13.2 Å². The summed E-state index contributed by atoms with van der Waals surface area (Å²) in [5.41, 5.74) is 1.85. The molecular formula is C15H13F2N3O2. The number of carbonyl (C=O) groups excluding carboxylic acids is 1. The number of alkyl halides is 2. The van der Waals surface area contributed by atoms with Gasteiger partial charge in [0.2, 0.25) is 0 Å². The zero-order chi connectivity index (χ0) is 15.3. The van der Waals surface area contributed by atoms with Crippen LogP contribution < -0.4 is 10.1 Å². The minimum Gasteiger partial charge on any atom is -0.493 e. The highest BCUT2D eigenvalue weighted by Gasteiger charge is 2.31. The van der Waals surface area contributed by atoms with Gasteiger partial charge in [0.05, 0.1) is 12.3 Å². The highest BCUT2D eigenvalue weighted by atomic mass is 19.3. The van der Waals surface area contributed by atoms with Gasteiger partial charge in [0.1, 0.15) is 17.1 Å². The van der Waals surface area contributed by atoms with Gasteiger partial charge in [-0.2, -0.15) is 5.10 Å². The summed E-state index contributed by atoms with van der Waals surface area (Å²) >= 11 is 0. The second-order valence-electron chi connectivity index (χ2n) is 5.32. The second kappa shape index (κ2) is 4.79. The number of halogens is 2. The Balaban J connectivity index is 1.90. The average molecular weight is 305 g/mol. The number of nitrogens with zero attached hydrogens (tertiary/aromatic N) is 2. The Hall–Kier alpha value is -2.44. The summed E-state index contributed by atoms with van der Waals surface area (Å²) in [6.45, 7) is 0.966. The summed E-state index contributed by atoms with van der Waals surface area (Å²) in [5.74, 6) is 0.431. The van der Waals surface area contributed by atoms with Crippen molar-refractivity contribution in [3.8, 4) is 11.4 Å². The Morgan fingerprint density at radius 2 is 2.18 bits per heavy atom. The van der Waals surface area contributed by atoms with E-state index < -0.39 is 6.43 Å². The van der Waals surface area contributed by atoms with Gasteiger partial charge in [0.15, 0.2) is 0 Å². The van der Waals surface area contributed by atoms with Crippen molar-refractivity contribution < 1.29 is 18.3 Å². The standard InChI is InChI=1S/C15H13F2N3O2/c16-14(17)12-10-3-5-18-15(21)13(10)20(19-12)9-1-2-11-8(7-9)4-6-22-11/h1-2,7,14H,3-6H2,(H,18,21). The van der Waals surface area contributed by atoms with Crippen molar-refractivity contribution in [2.24, 2.45) is 0 Å². The van der Waals surface area contributed by atoms with Crippen molar-refractivity contribution in [3.63, 3.8) is 0 Å². The first-order chi connectivity index (χ1) is 10.6. The van der Waals surface area contributed by atoms with Crippen molar-refractivity contribution in [3.05, 3.63) is 40.7 Å². The number of benzene rings is 1. The summed E-state index contributed by atoms with van der Waals surface area (Å²) in [5, 5.41) is 6.69. The average Bonchev–Trinajstić information content (AvgIpc) is 3.11. The Kier molecular flexibility index (Phi) is 2.88. The molecule has 0 bridgehead atoms. The summed E-state index contributed by atoms with van der Waals surface area (Å²) < 4.78 is 33.2. The van der Waals surface area contributed by atoms with Crippen LogP contribution >= 0.6 is 0 Å². The predicted octanol–water partition coefficient (Wildman–Crippen LogP) is 2.03. The van der Waals surface area contributed by atoms with E-state index in [0.29, 0.717) is 30.8 Å². The minimum absolute atomic E-state index is 0.209. The number of hydrogen-bond donors (Lipinski definition) is 1. The van der Waals surface area contributed by atoms with E-state index in [0.717, 1.165) is 17.7 Å². The molecule has 0 aliphatic carbocycles. The third-order valence-electron chi connectivity index (χ3n) is 4.01. The highest BCUT2D eigenvalue weighted by molar-refractivity contribution is 5.96. The molecule has 1 N–H and O–H groups in total. The largest absolute Gasteiger partial charge is 0.493 e. The quantitative estimate of drug-likeness (QED) is 0.923. The van der Waals surface area contributed by atoms with Crippen LogP contribution in [0, 0.1) is 0 Å². The van der Waals surface area contributed by atoms with Gasteiger partial charge in [-0.1, -0.05) is 0 Å². The molecule has 1 aromatic carbocycles. The molecule has 7 heteroatoms. The summed E-state index contributed by atoms with van der Waals surface area (Å²) in [6, 6.07) is 5.36. The molecule has 0 unspecified atom stereocenters. The number of nitrogens with one attached hydrogen (secondary N) is 1. The Labute approximate surface area is 124 Å². The van der Waals surface area contributed by atoms with Gasteiger partial charge in [-0.15, -0.1) is 0 Å². The van der Waals surface area contributed by atoms with Gasteiger partial charge in [0.25, 0.3) is 12.3 Å². The van der Waals surface area contributed by atoms with Crippen LogP contribution in [0.4, 0.5) is 8.78 Å². The lowest BCUT2D eigenvalue weighted by atomic mass is 10.0. The van der Waals surface area contributed by atoms with Crippen molar-refractivity contribution >= 4 is 5.91 Å². The zero-order valence-corrected chi connectivity index (χ0v) is 11.6. The maximum atomic E-state index is 13.2. The number of fused-ring (bicyclic) bond motifs is 2. The fourth-order valence-corrected chi connectivity index (χ4v) is 3.00. The Morgan fingerprint density at radius 3 is 3.00 bits per heavy atom. The number of carbonyl (C=O) groups is 1.